The molecule has 2 rings (SSSR count). The minimum atomic E-state index is -0.122. The third-order valence-electron chi connectivity index (χ3n) is 2.66. The van der Waals surface area contributed by atoms with Gasteiger partial charge in [-0.1, -0.05) is 17.7 Å². The third-order valence-corrected chi connectivity index (χ3v) is 2.89. The van der Waals surface area contributed by atoms with Gasteiger partial charge in [-0.3, -0.25) is 0 Å². The number of aryl methyl sites for hydroxylation is 1. The van der Waals surface area contributed by atoms with Gasteiger partial charge in [0.1, 0.15) is 5.75 Å². The Bertz CT molecular complexity index is 362. The molecule has 94 valence electrons. The van der Waals surface area contributed by atoms with Gasteiger partial charge in [0, 0.05) is 11.4 Å². The lowest BCUT2D eigenvalue weighted by Crippen LogP contribution is -2.26. The Balaban J connectivity index is 1.79. The zero-order valence-corrected chi connectivity index (χ0v) is 10.7. The van der Waals surface area contributed by atoms with Crippen LogP contribution in [-0.4, -0.2) is 26.1 Å². The first-order valence-electron chi connectivity index (χ1n) is 5.88. The Morgan fingerprint density at radius 1 is 1.35 bits per heavy atom. The lowest BCUT2D eigenvalue weighted by molar-refractivity contribution is -0.183. The largest absolute Gasteiger partial charge is 0.493 e. The quantitative estimate of drug-likeness (QED) is 0.828. The van der Waals surface area contributed by atoms with Crippen LogP contribution in [0, 0.1) is 6.92 Å². The Kier molecular flexibility index (Phi) is 4.66. The molecule has 0 unspecified atom stereocenters. The maximum absolute atomic E-state index is 5.92. The summed E-state index contributed by atoms with van der Waals surface area (Å²) in [6.45, 7) is 4.13. The average Bonchev–Trinajstić information content (AvgIpc) is 2.35. The molecule has 1 aromatic rings. The second kappa shape index (κ2) is 6.24. The molecular weight excluding hydrogens is 240 g/mol. The van der Waals surface area contributed by atoms with Gasteiger partial charge in [-0.2, -0.15) is 0 Å². The van der Waals surface area contributed by atoms with E-state index in [-0.39, 0.29) is 6.29 Å². The van der Waals surface area contributed by atoms with Crippen LogP contribution >= 0.6 is 11.6 Å². The van der Waals surface area contributed by atoms with Crippen LogP contribution < -0.4 is 4.74 Å². The standard InChI is InChI=1S/C13H17ClO3/c1-10-3-4-11(14)9-12(10)15-8-5-13-16-6-2-7-17-13/h3-4,9,13H,2,5-8H2,1H3. The van der Waals surface area contributed by atoms with Crippen LogP contribution in [0.5, 0.6) is 5.75 Å². The highest BCUT2D eigenvalue weighted by Gasteiger charge is 2.14. The summed E-state index contributed by atoms with van der Waals surface area (Å²) in [7, 11) is 0. The number of halogens is 1. The first-order chi connectivity index (χ1) is 8.25. The first-order valence-corrected chi connectivity index (χ1v) is 6.25. The molecule has 1 aromatic carbocycles. The number of benzene rings is 1. The number of hydrogen-bond acceptors (Lipinski definition) is 3. The molecule has 0 N–H and O–H groups in total. The van der Waals surface area contributed by atoms with E-state index in [0.29, 0.717) is 11.6 Å². The Morgan fingerprint density at radius 3 is 2.88 bits per heavy atom. The lowest BCUT2D eigenvalue weighted by Gasteiger charge is -2.23. The van der Waals surface area contributed by atoms with E-state index in [0.717, 1.165) is 37.4 Å². The molecule has 3 nitrogen and oxygen atoms in total. The Labute approximate surface area is 107 Å². The van der Waals surface area contributed by atoms with Crippen molar-refractivity contribution >= 4 is 11.6 Å². The maximum Gasteiger partial charge on any atom is 0.160 e. The minimum Gasteiger partial charge on any atom is -0.493 e. The Hall–Kier alpha value is -0.770. The fourth-order valence-electron chi connectivity index (χ4n) is 1.70. The van der Waals surface area contributed by atoms with Crippen molar-refractivity contribution in [3.8, 4) is 5.75 Å². The molecule has 0 saturated carbocycles. The summed E-state index contributed by atoms with van der Waals surface area (Å²) >= 11 is 5.92. The SMILES string of the molecule is Cc1ccc(Cl)cc1OCCC1OCCCO1. The van der Waals surface area contributed by atoms with E-state index < -0.39 is 0 Å². The molecular formula is C13H17ClO3. The number of ether oxygens (including phenoxy) is 3. The van der Waals surface area contributed by atoms with E-state index in [2.05, 4.69) is 0 Å². The first kappa shape index (κ1) is 12.7. The van der Waals surface area contributed by atoms with Gasteiger partial charge in [-0.15, -0.1) is 0 Å². The molecule has 1 heterocycles. The summed E-state index contributed by atoms with van der Waals surface area (Å²) in [5.41, 5.74) is 1.08. The van der Waals surface area contributed by atoms with Crippen molar-refractivity contribution in [2.24, 2.45) is 0 Å². The molecule has 0 bridgehead atoms. The van der Waals surface area contributed by atoms with Crippen LogP contribution in [0.2, 0.25) is 5.02 Å². The van der Waals surface area contributed by atoms with Crippen molar-refractivity contribution in [2.45, 2.75) is 26.1 Å². The van der Waals surface area contributed by atoms with E-state index in [1.807, 2.05) is 25.1 Å². The summed E-state index contributed by atoms with van der Waals surface area (Å²) in [6, 6.07) is 5.64. The van der Waals surface area contributed by atoms with E-state index in [4.69, 9.17) is 25.8 Å². The van der Waals surface area contributed by atoms with Gasteiger partial charge in [0.25, 0.3) is 0 Å². The van der Waals surface area contributed by atoms with Crippen LogP contribution in [0.1, 0.15) is 18.4 Å². The van der Waals surface area contributed by atoms with Crippen molar-refractivity contribution in [1.29, 1.82) is 0 Å². The molecule has 1 aliphatic heterocycles. The lowest BCUT2D eigenvalue weighted by atomic mass is 10.2. The second-order valence-corrected chi connectivity index (χ2v) is 4.51. The van der Waals surface area contributed by atoms with Gasteiger partial charge in [0.05, 0.1) is 19.8 Å². The van der Waals surface area contributed by atoms with Gasteiger partial charge < -0.3 is 14.2 Å². The summed E-state index contributed by atoms with van der Waals surface area (Å²) in [6.07, 6.45) is 1.60. The molecule has 0 spiro atoms. The third kappa shape index (κ3) is 3.87. The van der Waals surface area contributed by atoms with Crippen molar-refractivity contribution in [3.05, 3.63) is 28.8 Å². The fourth-order valence-corrected chi connectivity index (χ4v) is 1.86. The second-order valence-electron chi connectivity index (χ2n) is 4.07. The van der Waals surface area contributed by atoms with Gasteiger partial charge >= 0.3 is 0 Å². The van der Waals surface area contributed by atoms with Crippen LogP contribution in [0.4, 0.5) is 0 Å². The topological polar surface area (TPSA) is 27.7 Å². The maximum atomic E-state index is 5.92. The molecule has 0 atom stereocenters. The predicted molar refractivity (Wildman–Crippen MR) is 66.6 cm³/mol. The van der Waals surface area contributed by atoms with E-state index in [1.54, 1.807) is 0 Å². The molecule has 0 aliphatic carbocycles. The van der Waals surface area contributed by atoms with Crippen LogP contribution in [-0.2, 0) is 9.47 Å². The minimum absolute atomic E-state index is 0.122. The summed E-state index contributed by atoms with van der Waals surface area (Å²) < 4.78 is 16.6. The predicted octanol–water partition coefficient (Wildman–Crippen LogP) is 3.18. The summed E-state index contributed by atoms with van der Waals surface area (Å²) in [5, 5.41) is 0.691. The number of hydrogen-bond donors (Lipinski definition) is 0. The Morgan fingerprint density at radius 2 is 2.12 bits per heavy atom. The van der Waals surface area contributed by atoms with Gasteiger partial charge in [-0.05, 0) is 31.0 Å². The van der Waals surface area contributed by atoms with Crippen molar-refractivity contribution in [2.75, 3.05) is 19.8 Å². The molecule has 0 aromatic heterocycles. The van der Waals surface area contributed by atoms with Crippen LogP contribution in [0.3, 0.4) is 0 Å². The van der Waals surface area contributed by atoms with Crippen LogP contribution in [0.15, 0.2) is 18.2 Å². The highest BCUT2D eigenvalue weighted by molar-refractivity contribution is 6.30. The van der Waals surface area contributed by atoms with Crippen molar-refractivity contribution < 1.29 is 14.2 Å². The normalized spacial score (nSPS) is 17.1. The van der Waals surface area contributed by atoms with E-state index in [9.17, 15) is 0 Å². The zero-order valence-electron chi connectivity index (χ0n) is 9.95. The zero-order chi connectivity index (χ0) is 12.1. The molecule has 4 heteroatoms. The van der Waals surface area contributed by atoms with Crippen LogP contribution in [0.25, 0.3) is 0 Å². The van der Waals surface area contributed by atoms with E-state index in [1.165, 1.54) is 0 Å². The van der Waals surface area contributed by atoms with Gasteiger partial charge in [0.2, 0.25) is 0 Å². The average molecular weight is 257 g/mol. The van der Waals surface area contributed by atoms with Gasteiger partial charge in [0.15, 0.2) is 6.29 Å². The van der Waals surface area contributed by atoms with Gasteiger partial charge in [-0.25, -0.2) is 0 Å². The highest BCUT2D eigenvalue weighted by atomic mass is 35.5. The molecule has 0 amide bonds. The number of rotatable bonds is 4. The summed E-state index contributed by atoms with van der Waals surface area (Å²) in [5.74, 6) is 0.827. The summed E-state index contributed by atoms with van der Waals surface area (Å²) in [4.78, 5) is 0. The fraction of sp³-hybridized carbons (Fsp3) is 0.538. The molecule has 17 heavy (non-hydrogen) atoms. The van der Waals surface area contributed by atoms with E-state index >= 15 is 0 Å². The molecule has 0 radical (unpaired) electrons. The molecule has 1 saturated heterocycles. The molecule has 1 fully saturated rings. The van der Waals surface area contributed by atoms with Crippen molar-refractivity contribution in [3.63, 3.8) is 0 Å². The van der Waals surface area contributed by atoms with Crippen molar-refractivity contribution in [1.82, 2.24) is 0 Å². The molecule has 1 aliphatic rings. The highest BCUT2D eigenvalue weighted by Crippen LogP contribution is 2.23. The smallest absolute Gasteiger partial charge is 0.160 e. The monoisotopic (exact) mass is 256 g/mol.